The number of benzene rings is 1. The van der Waals surface area contributed by atoms with Crippen LogP contribution in [0.15, 0.2) is 45.2 Å². The van der Waals surface area contributed by atoms with E-state index in [1.54, 1.807) is 31.3 Å². The van der Waals surface area contributed by atoms with Crippen molar-refractivity contribution in [1.29, 1.82) is 5.26 Å². The average Bonchev–Trinajstić information content (AvgIpc) is 3.43. The molecule has 1 amide bonds. The SMILES string of the molecule is COc1ccc(C2C(C#N)=C(N)N(c3nnc(SCC(=O)NC4CCCCC4)s3)C3=C2C(=O)CC(C)(C)C3)cc1OC. The third kappa shape index (κ3) is 5.99. The number of thioether (sulfide) groups is 1. The maximum atomic E-state index is 13.8. The second-order valence-electron chi connectivity index (χ2n) is 11.6. The normalized spacial score (nSPS) is 20.7. The number of amides is 1. The summed E-state index contributed by atoms with van der Waals surface area (Å²) in [5.41, 5.74) is 8.64. The van der Waals surface area contributed by atoms with Gasteiger partial charge in [0.2, 0.25) is 11.0 Å². The highest BCUT2D eigenvalue weighted by molar-refractivity contribution is 8.01. The van der Waals surface area contributed by atoms with Crippen LogP contribution in [0.1, 0.15) is 70.3 Å². The number of carbonyl (C=O) groups is 2. The van der Waals surface area contributed by atoms with Gasteiger partial charge in [0.15, 0.2) is 21.6 Å². The van der Waals surface area contributed by atoms with Gasteiger partial charge in [0.05, 0.1) is 37.5 Å². The minimum Gasteiger partial charge on any atom is -0.493 e. The summed E-state index contributed by atoms with van der Waals surface area (Å²) in [5.74, 6) is 0.781. The van der Waals surface area contributed by atoms with Crippen molar-refractivity contribution in [3.63, 3.8) is 0 Å². The zero-order valence-corrected chi connectivity index (χ0v) is 26.0. The predicted molar refractivity (Wildman–Crippen MR) is 162 cm³/mol. The Kier molecular flexibility index (Phi) is 8.80. The number of anilines is 1. The summed E-state index contributed by atoms with van der Waals surface area (Å²) in [5, 5.41) is 22.7. The summed E-state index contributed by atoms with van der Waals surface area (Å²) in [7, 11) is 3.10. The molecule has 10 nitrogen and oxygen atoms in total. The van der Waals surface area contributed by atoms with Crippen molar-refractivity contribution in [3.05, 3.63) is 46.4 Å². The Hall–Kier alpha value is -3.56. The van der Waals surface area contributed by atoms with E-state index in [0.29, 0.717) is 44.9 Å². The van der Waals surface area contributed by atoms with E-state index in [2.05, 4.69) is 21.6 Å². The molecule has 1 aromatic carbocycles. The molecule has 0 radical (unpaired) electrons. The summed E-state index contributed by atoms with van der Waals surface area (Å²) in [6, 6.07) is 7.92. The monoisotopic (exact) mass is 608 g/mol. The van der Waals surface area contributed by atoms with Crippen LogP contribution in [0.5, 0.6) is 11.5 Å². The third-order valence-electron chi connectivity index (χ3n) is 8.01. The molecule has 1 atom stereocenters. The van der Waals surface area contributed by atoms with Crippen LogP contribution in [0.4, 0.5) is 5.13 Å². The molecule has 1 fully saturated rings. The molecule has 3 aliphatic rings. The van der Waals surface area contributed by atoms with Crippen molar-refractivity contribution >= 4 is 39.9 Å². The highest BCUT2D eigenvalue weighted by atomic mass is 32.2. The van der Waals surface area contributed by atoms with E-state index in [0.717, 1.165) is 31.4 Å². The van der Waals surface area contributed by atoms with Gasteiger partial charge in [-0.2, -0.15) is 5.26 Å². The second-order valence-corrected chi connectivity index (χ2v) is 13.8. The fourth-order valence-electron chi connectivity index (χ4n) is 6.09. The smallest absolute Gasteiger partial charge is 0.230 e. The summed E-state index contributed by atoms with van der Waals surface area (Å²) in [4.78, 5) is 28.1. The van der Waals surface area contributed by atoms with Crippen molar-refractivity contribution in [2.75, 3.05) is 24.9 Å². The van der Waals surface area contributed by atoms with Crippen molar-refractivity contribution in [2.24, 2.45) is 11.1 Å². The van der Waals surface area contributed by atoms with Gasteiger partial charge in [0.25, 0.3) is 0 Å². The third-order valence-corrected chi connectivity index (χ3v) is 10.0. The number of rotatable bonds is 8. The first-order valence-corrected chi connectivity index (χ1v) is 15.9. The number of nitrogens with zero attached hydrogens (tertiary/aromatic N) is 4. The molecule has 2 aromatic rings. The predicted octanol–water partition coefficient (Wildman–Crippen LogP) is 5.04. The zero-order valence-electron chi connectivity index (χ0n) is 24.4. The lowest BCUT2D eigenvalue weighted by atomic mass is 9.68. The molecule has 1 aliphatic heterocycles. The van der Waals surface area contributed by atoms with Gasteiger partial charge in [0.1, 0.15) is 5.82 Å². The number of nitrogens with one attached hydrogen (secondary N) is 1. The molecular weight excluding hydrogens is 573 g/mol. The number of carbonyl (C=O) groups excluding carboxylic acids is 2. The number of nitrogens with two attached hydrogens (primary N) is 1. The Labute approximate surface area is 254 Å². The number of allylic oxidation sites excluding steroid dienone is 3. The Morgan fingerprint density at radius 2 is 1.93 bits per heavy atom. The molecule has 2 heterocycles. The lowest BCUT2D eigenvalue weighted by molar-refractivity contribution is -0.119. The highest BCUT2D eigenvalue weighted by Gasteiger charge is 2.45. The van der Waals surface area contributed by atoms with Crippen LogP contribution in [0.3, 0.4) is 0 Å². The quantitative estimate of drug-likeness (QED) is 0.391. The Balaban J connectivity index is 1.48. The molecule has 1 aromatic heterocycles. The molecule has 0 spiro atoms. The molecule has 42 heavy (non-hydrogen) atoms. The van der Waals surface area contributed by atoms with E-state index in [1.807, 2.05) is 19.9 Å². The second kappa shape index (κ2) is 12.4. The van der Waals surface area contributed by atoms with E-state index in [4.69, 9.17) is 15.2 Å². The van der Waals surface area contributed by atoms with E-state index in [1.165, 1.54) is 29.5 Å². The van der Waals surface area contributed by atoms with Crippen molar-refractivity contribution in [1.82, 2.24) is 15.5 Å². The maximum Gasteiger partial charge on any atom is 0.230 e. The number of hydrogen-bond donors (Lipinski definition) is 2. The zero-order chi connectivity index (χ0) is 30.0. The summed E-state index contributed by atoms with van der Waals surface area (Å²) < 4.78 is 11.5. The molecule has 12 heteroatoms. The molecule has 3 N–H and O–H groups in total. The Morgan fingerprint density at radius 1 is 1.19 bits per heavy atom. The molecule has 5 rings (SSSR count). The van der Waals surface area contributed by atoms with E-state index in [-0.39, 0.29) is 40.3 Å². The van der Waals surface area contributed by atoms with E-state index in [9.17, 15) is 14.9 Å². The van der Waals surface area contributed by atoms with Crippen LogP contribution in [-0.4, -0.2) is 47.9 Å². The van der Waals surface area contributed by atoms with Gasteiger partial charge in [-0.3, -0.25) is 14.5 Å². The summed E-state index contributed by atoms with van der Waals surface area (Å²) >= 11 is 2.61. The van der Waals surface area contributed by atoms with Crippen molar-refractivity contribution in [2.45, 2.75) is 75.1 Å². The molecule has 0 saturated heterocycles. The van der Waals surface area contributed by atoms with Crippen LogP contribution in [0, 0.1) is 16.7 Å². The fraction of sp³-hybridized carbons (Fsp3) is 0.500. The highest BCUT2D eigenvalue weighted by Crippen LogP contribution is 2.51. The van der Waals surface area contributed by atoms with Crippen LogP contribution >= 0.6 is 23.1 Å². The molecule has 222 valence electrons. The van der Waals surface area contributed by atoms with Gasteiger partial charge in [0, 0.05) is 23.7 Å². The number of ketones is 1. The molecule has 1 saturated carbocycles. The van der Waals surface area contributed by atoms with Crippen LogP contribution in [0.2, 0.25) is 0 Å². The van der Waals surface area contributed by atoms with Crippen LogP contribution in [0.25, 0.3) is 0 Å². The topological polar surface area (TPSA) is 143 Å². The van der Waals surface area contributed by atoms with Crippen molar-refractivity contribution in [3.8, 4) is 17.6 Å². The van der Waals surface area contributed by atoms with Gasteiger partial charge < -0.3 is 20.5 Å². The summed E-state index contributed by atoms with van der Waals surface area (Å²) in [6.07, 6.45) is 6.48. The molecule has 2 aliphatic carbocycles. The molecular formula is C30H36N6O4S2. The standard InChI is InChI=1S/C30H36N6O4S2/c1-30(2)13-20-26(21(37)14-30)25(17-10-11-22(39-3)23(12-17)40-4)19(15-31)27(32)36(20)28-34-35-29(42-28)41-16-24(38)33-18-8-6-5-7-9-18/h10-12,18,25H,5-9,13-14,16,32H2,1-4H3,(H,33,38). The van der Waals surface area contributed by atoms with Gasteiger partial charge >= 0.3 is 0 Å². The number of methoxy groups -OCH3 is 2. The Bertz CT molecular complexity index is 1480. The minimum atomic E-state index is -0.657. The first-order chi connectivity index (χ1) is 20.2. The number of nitriles is 1. The number of hydrogen-bond acceptors (Lipinski definition) is 11. The van der Waals surface area contributed by atoms with Crippen LogP contribution in [-0.2, 0) is 9.59 Å². The number of aromatic nitrogens is 2. The van der Waals surface area contributed by atoms with Gasteiger partial charge in [-0.1, -0.05) is 62.3 Å². The Morgan fingerprint density at radius 3 is 2.62 bits per heavy atom. The van der Waals surface area contributed by atoms with E-state index < -0.39 is 5.92 Å². The maximum absolute atomic E-state index is 13.8. The van der Waals surface area contributed by atoms with Gasteiger partial charge in [-0.15, -0.1) is 10.2 Å². The molecule has 1 unspecified atom stereocenters. The minimum absolute atomic E-state index is 0.0184. The summed E-state index contributed by atoms with van der Waals surface area (Å²) in [6.45, 7) is 4.09. The number of Topliss-reactive ketones (excluding diaryl/α,β-unsaturated/α-hetero) is 1. The fourth-order valence-corrected chi connectivity index (χ4v) is 7.78. The largest absolute Gasteiger partial charge is 0.493 e. The first-order valence-electron chi connectivity index (χ1n) is 14.1. The van der Waals surface area contributed by atoms with Crippen LogP contribution < -0.4 is 25.4 Å². The van der Waals surface area contributed by atoms with E-state index >= 15 is 0 Å². The first kappa shape index (κ1) is 29.9. The van der Waals surface area contributed by atoms with Gasteiger partial charge in [-0.25, -0.2) is 0 Å². The number of ether oxygens (including phenoxy) is 2. The lowest BCUT2D eigenvalue weighted by Gasteiger charge is -2.42. The lowest BCUT2D eigenvalue weighted by Crippen LogP contribution is -2.42. The average molecular weight is 609 g/mol. The van der Waals surface area contributed by atoms with Crippen molar-refractivity contribution < 1.29 is 19.1 Å². The molecule has 0 bridgehead atoms. The van der Waals surface area contributed by atoms with Gasteiger partial charge in [-0.05, 0) is 42.4 Å².